The third-order valence-corrected chi connectivity index (χ3v) is 10.9. The first-order chi connectivity index (χ1) is 18.6. The van der Waals surface area contributed by atoms with Crippen LogP contribution in [0.2, 0.25) is 0 Å². The molecular weight excluding hydrogens is 539 g/mol. The van der Waals surface area contributed by atoms with Crippen molar-refractivity contribution in [3.63, 3.8) is 0 Å². The molecule has 1 aromatic rings. The molecule has 1 saturated carbocycles. The van der Waals surface area contributed by atoms with Gasteiger partial charge in [-0.05, 0) is 43.9 Å². The average Bonchev–Trinajstić information content (AvgIpc) is 3.43. The molecule has 0 spiro atoms. The lowest BCUT2D eigenvalue weighted by Gasteiger charge is -2.50. The normalized spacial score (nSPS) is 33.1. The molecule has 5 saturated heterocycles. The van der Waals surface area contributed by atoms with Gasteiger partial charge in [-0.15, -0.1) is 0 Å². The summed E-state index contributed by atoms with van der Waals surface area (Å²) in [6, 6.07) is 4.17. The van der Waals surface area contributed by atoms with Crippen molar-refractivity contribution in [1.29, 1.82) is 0 Å². The number of rotatable bonds is 7. The number of nitrogens with zero attached hydrogens (tertiary/aromatic N) is 4. The molecule has 1 N–H and O–H groups in total. The third-order valence-electron chi connectivity index (χ3n) is 8.86. The highest BCUT2D eigenvalue weighted by Gasteiger charge is 2.55. The van der Waals surface area contributed by atoms with E-state index < -0.39 is 22.8 Å². The van der Waals surface area contributed by atoms with Gasteiger partial charge in [0.05, 0.1) is 25.6 Å². The summed E-state index contributed by atoms with van der Waals surface area (Å²) >= 11 is 0. The van der Waals surface area contributed by atoms with E-state index in [9.17, 15) is 26.4 Å². The second-order valence-electron chi connectivity index (χ2n) is 11.5. The minimum atomic E-state index is -4.18. The molecule has 10 nitrogen and oxygen atoms in total. The van der Waals surface area contributed by atoms with E-state index in [1.165, 1.54) is 0 Å². The number of carbonyl (C=O) groups excluding carboxylic acids is 1. The van der Waals surface area contributed by atoms with Gasteiger partial charge in [-0.25, -0.2) is 0 Å². The average molecular weight is 573 g/mol. The standard InChI is InChI=1S/C25H32F3N5O5S/c26-25(27,28)4-1-5-29-10-21-15-6-16(21)12-32(11-15)39(35,36)33-19-2-3-20(33)8-18(7-19)30-24(34)22-9-23(38-31-22)17-13-37-14-17/h9,15-21H,1-8,11-14H2/p+1/t15-,16+,18?,19-,20?,21?/m1/s1. The maximum atomic E-state index is 13.7. The van der Waals surface area contributed by atoms with Crippen molar-refractivity contribution in [2.24, 2.45) is 17.8 Å². The second-order valence-corrected chi connectivity index (χ2v) is 13.4. The molecule has 6 aliphatic rings. The molecule has 6 fully saturated rings. The number of hydrogen-bond acceptors (Lipinski definition) is 6. The molecule has 3 unspecified atom stereocenters. The van der Waals surface area contributed by atoms with E-state index in [0.29, 0.717) is 44.9 Å². The van der Waals surface area contributed by atoms with Crippen molar-refractivity contribution in [1.82, 2.24) is 19.1 Å². The Labute approximate surface area is 225 Å². The molecule has 214 valence electrons. The molecule has 0 aromatic carbocycles. The summed E-state index contributed by atoms with van der Waals surface area (Å²) in [7, 11) is -3.67. The van der Waals surface area contributed by atoms with E-state index in [1.807, 2.05) is 0 Å². The Morgan fingerprint density at radius 1 is 1.15 bits per heavy atom. The highest BCUT2D eigenvalue weighted by molar-refractivity contribution is 7.86. The number of piperidine rings is 3. The van der Waals surface area contributed by atoms with Gasteiger partial charge in [-0.2, -0.15) is 30.2 Å². The van der Waals surface area contributed by atoms with Gasteiger partial charge in [0, 0.05) is 43.7 Å². The molecule has 6 heterocycles. The molecule has 14 heteroatoms. The van der Waals surface area contributed by atoms with Gasteiger partial charge in [0.15, 0.2) is 5.69 Å². The molecule has 5 aliphatic heterocycles. The predicted octanol–water partition coefficient (Wildman–Crippen LogP) is 3.00. The zero-order chi connectivity index (χ0) is 27.4. The SMILES string of the molecule is O=C(NC1CC2CC[C@H](C1)N2S(=O)(=O)N1C[C@H]2C[C@@H](C1)C2C#[N+]CCCC(F)(F)F)c1cc(C2COC2)on1. The van der Waals surface area contributed by atoms with E-state index >= 15 is 0 Å². The number of hydrogen-bond donors (Lipinski definition) is 1. The smallest absolute Gasteiger partial charge is 0.380 e. The molecular formula is C25H33F3N5O5S+. The maximum Gasteiger partial charge on any atom is 0.389 e. The van der Waals surface area contributed by atoms with Crippen LogP contribution in [-0.4, -0.2) is 85.2 Å². The Morgan fingerprint density at radius 2 is 1.85 bits per heavy atom. The van der Waals surface area contributed by atoms with Crippen LogP contribution in [0.25, 0.3) is 4.85 Å². The number of alkyl halides is 3. The van der Waals surface area contributed by atoms with E-state index in [0.717, 1.165) is 19.3 Å². The lowest BCUT2D eigenvalue weighted by molar-refractivity contribution is -0.134. The van der Waals surface area contributed by atoms with E-state index in [-0.39, 0.29) is 66.4 Å². The van der Waals surface area contributed by atoms with Gasteiger partial charge >= 0.3 is 6.18 Å². The van der Waals surface area contributed by atoms with Gasteiger partial charge in [0.1, 0.15) is 11.7 Å². The van der Waals surface area contributed by atoms with Gasteiger partial charge in [-0.1, -0.05) is 10.0 Å². The van der Waals surface area contributed by atoms with Crippen LogP contribution in [0.4, 0.5) is 13.2 Å². The summed E-state index contributed by atoms with van der Waals surface area (Å²) in [5.74, 6) is 0.655. The van der Waals surface area contributed by atoms with E-state index in [2.05, 4.69) is 21.4 Å². The summed E-state index contributed by atoms with van der Waals surface area (Å²) in [6.07, 6.45) is -1.60. The zero-order valence-corrected chi connectivity index (χ0v) is 22.3. The molecule has 6 atom stereocenters. The number of aromatic nitrogens is 1. The van der Waals surface area contributed by atoms with Crippen LogP contribution in [0.5, 0.6) is 0 Å². The van der Waals surface area contributed by atoms with Gasteiger partial charge in [-0.3, -0.25) is 4.79 Å². The summed E-state index contributed by atoms with van der Waals surface area (Å²) in [6.45, 7) is 1.96. The summed E-state index contributed by atoms with van der Waals surface area (Å²) in [5, 5.41) is 6.92. The predicted molar refractivity (Wildman–Crippen MR) is 132 cm³/mol. The summed E-state index contributed by atoms with van der Waals surface area (Å²) in [5.41, 5.74) is 0.224. The Hall–Kier alpha value is -2.21. The van der Waals surface area contributed by atoms with Crippen LogP contribution in [0.15, 0.2) is 10.6 Å². The Morgan fingerprint density at radius 3 is 2.46 bits per heavy atom. The number of fused-ring (bicyclic) bond motifs is 4. The fourth-order valence-electron chi connectivity index (χ4n) is 6.78. The molecule has 0 radical (unpaired) electrons. The first kappa shape index (κ1) is 27.0. The monoisotopic (exact) mass is 572 g/mol. The lowest BCUT2D eigenvalue weighted by atomic mass is 9.63. The summed E-state index contributed by atoms with van der Waals surface area (Å²) < 4.78 is 78.0. The van der Waals surface area contributed by atoms with Crippen molar-refractivity contribution in [2.45, 2.75) is 75.2 Å². The topological polar surface area (TPSA) is 109 Å². The molecule has 1 amide bonds. The Bertz CT molecular complexity index is 1230. The summed E-state index contributed by atoms with van der Waals surface area (Å²) in [4.78, 5) is 16.9. The first-order valence-electron chi connectivity index (χ1n) is 13.7. The number of ether oxygens (including phenoxy) is 1. The van der Waals surface area contributed by atoms with Crippen molar-refractivity contribution >= 4 is 16.1 Å². The Balaban J connectivity index is 1.02. The van der Waals surface area contributed by atoms with Crippen LogP contribution >= 0.6 is 0 Å². The van der Waals surface area contributed by atoms with Crippen LogP contribution in [-0.2, 0) is 14.9 Å². The molecule has 1 aromatic heterocycles. The molecule has 7 rings (SSSR count). The quantitative estimate of drug-likeness (QED) is 0.504. The van der Waals surface area contributed by atoms with Crippen molar-refractivity contribution in [2.75, 3.05) is 32.8 Å². The Kier molecular flexibility index (Phi) is 7.14. The number of carbonyl (C=O) groups is 1. The fraction of sp³-hybridized carbons (Fsp3) is 0.800. The number of halogens is 3. The third kappa shape index (κ3) is 5.42. The van der Waals surface area contributed by atoms with Crippen LogP contribution in [0.1, 0.15) is 67.1 Å². The largest absolute Gasteiger partial charge is 0.389 e. The van der Waals surface area contributed by atoms with Crippen LogP contribution in [0, 0.1) is 23.8 Å². The highest BCUT2D eigenvalue weighted by Crippen LogP contribution is 2.48. The van der Waals surface area contributed by atoms with E-state index in [4.69, 9.17) is 9.26 Å². The minimum absolute atomic E-state index is 0.00821. The van der Waals surface area contributed by atoms with Crippen molar-refractivity contribution in [3.05, 3.63) is 22.4 Å². The highest BCUT2D eigenvalue weighted by atomic mass is 32.2. The zero-order valence-electron chi connectivity index (χ0n) is 21.5. The van der Waals surface area contributed by atoms with Crippen molar-refractivity contribution in [3.8, 4) is 6.07 Å². The minimum Gasteiger partial charge on any atom is -0.380 e. The van der Waals surface area contributed by atoms with Crippen LogP contribution < -0.4 is 5.32 Å². The number of nitrogens with one attached hydrogen (secondary N) is 1. The maximum absolute atomic E-state index is 13.7. The lowest BCUT2D eigenvalue weighted by Crippen LogP contribution is -2.62. The number of amides is 1. The molecule has 1 aliphatic carbocycles. The van der Waals surface area contributed by atoms with Crippen molar-refractivity contribution < 1.29 is 35.6 Å². The van der Waals surface area contributed by atoms with Gasteiger partial charge in [0.25, 0.3) is 28.7 Å². The van der Waals surface area contributed by atoms with Gasteiger partial charge in [0.2, 0.25) is 0 Å². The van der Waals surface area contributed by atoms with Crippen LogP contribution in [0.3, 0.4) is 0 Å². The fourth-order valence-corrected chi connectivity index (χ4v) is 8.95. The first-order valence-corrected chi connectivity index (χ1v) is 15.1. The van der Waals surface area contributed by atoms with Gasteiger partial charge < -0.3 is 14.6 Å². The second kappa shape index (κ2) is 10.3. The molecule has 39 heavy (non-hydrogen) atoms. The molecule has 4 bridgehead atoms. The van der Waals surface area contributed by atoms with E-state index in [1.54, 1.807) is 14.7 Å².